The van der Waals surface area contributed by atoms with Crippen molar-refractivity contribution in [1.82, 2.24) is 15.2 Å². The fourth-order valence-electron chi connectivity index (χ4n) is 3.60. The van der Waals surface area contributed by atoms with Gasteiger partial charge < -0.3 is 14.6 Å². The fourth-order valence-corrected chi connectivity index (χ4v) is 3.60. The highest BCUT2D eigenvalue weighted by molar-refractivity contribution is 5.81. The summed E-state index contributed by atoms with van der Waals surface area (Å²) in [6, 6.07) is 8.75. The number of benzene rings is 2. The molecule has 3 aromatic rings. The number of fused-ring (bicyclic) bond motifs is 1. The first-order valence-electron chi connectivity index (χ1n) is 9.66. The standard InChI is InChI=1S/C22H23F2N3O2/c1-22(2,3)26-21(28)27-10-4-5-18(27)20-25-17-12-14(7-9-19(17)29-20)13-6-8-15(23)16(24)11-13/h6-9,11-12,18H,4-5,10H2,1-3H3,(H,26,28). The van der Waals surface area contributed by atoms with Crippen LogP contribution in [0.2, 0.25) is 0 Å². The second-order valence-corrected chi connectivity index (χ2v) is 8.40. The molecule has 2 heterocycles. The van der Waals surface area contributed by atoms with Crippen molar-refractivity contribution < 1.29 is 18.0 Å². The molecule has 0 saturated carbocycles. The lowest BCUT2D eigenvalue weighted by molar-refractivity contribution is 0.176. The van der Waals surface area contributed by atoms with E-state index < -0.39 is 11.6 Å². The maximum absolute atomic E-state index is 13.6. The Bertz CT molecular complexity index is 1070. The van der Waals surface area contributed by atoms with E-state index >= 15 is 0 Å². The van der Waals surface area contributed by atoms with Crippen molar-refractivity contribution in [3.8, 4) is 11.1 Å². The van der Waals surface area contributed by atoms with Gasteiger partial charge in [0.1, 0.15) is 11.6 Å². The van der Waals surface area contributed by atoms with Crippen LogP contribution in [0.4, 0.5) is 13.6 Å². The molecule has 4 rings (SSSR count). The van der Waals surface area contributed by atoms with Gasteiger partial charge in [0.05, 0.1) is 0 Å². The van der Waals surface area contributed by atoms with Gasteiger partial charge in [-0.25, -0.2) is 18.6 Å². The lowest BCUT2D eigenvalue weighted by Crippen LogP contribution is -2.48. The summed E-state index contributed by atoms with van der Waals surface area (Å²) in [7, 11) is 0. The molecule has 2 aromatic carbocycles. The average molecular weight is 399 g/mol. The van der Waals surface area contributed by atoms with Crippen LogP contribution in [0.25, 0.3) is 22.2 Å². The molecule has 29 heavy (non-hydrogen) atoms. The highest BCUT2D eigenvalue weighted by Gasteiger charge is 2.34. The number of rotatable bonds is 2. The zero-order valence-electron chi connectivity index (χ0n) is 16.6. The molecule has 0 spiro atoms. The largest absolute Gasteiger partial charge is 0.438 e. The number of halogens is 2. The summed E-state index contributed by atoms with van der Waals surface area (Å²) in [4.78, 5) is 19.0. The van der Waals surface area contributed by atoms with E-state index in [9.17, 15) is 13.6 Å². The molecule has 5 nitrogen and oxygen atoms in total. The second kappa shape index (κ2) is 7.13. The molecule has 1 fully saturated rings. The monoisotopic (exact) mass is 399 g/mol. The van der Waals surface area contributed by atoms with E-state index in [-0.39, 0.29) is 17.6 Å². The lowest BCUT2D eigenvalue weighted by Gasteiger charge is -2.28. The molecule has 0 bridgehead atoms. The number of hydrogen-bond acceptors (Lipinski definition) is 3. The Morgan fingerprint density at radius 3 is 2.59 bits per heavy atom. The van der Waals surface area contributed by atoms with Gasteiger partial charge in [0.15, 0.2) is 17.2 Å². The number of nitrogens with zero attached hydrogens (tertiary/aromatic N) is 2. The third-order valence-corrected chi connectivity index (χ3v) is 4.94. The molecule has 7 heteroatoms. The zero-order valence-corrected chi connectivity index (χ0v) is 16.6. The molecule has 1 aliphatic rings. The molecule has 1 saturated heterocycles. The van der Waals surface area contributed by atoms with E-state index in [2.05, 4.69) is 10.3 Å². The minimum Gasteiger partial charge on any atom is -0.438 e. The van der Waals surface area contributed by atoms with E-state index in [4.69, 9.17) is 4.42 Å². The van der Waals surface area contributed by atoms with Crippen LogP contribution in [0, 0.1) is 11.6 Å². The van der Waals surface area contributed by atoms with Crippen LogP contribution < -0.4 is 5.32 Å². The number of hydrogen-bond donors (Lipinski definition) is 1. The number of nitrogens with one attached hydrogen (secondary N) is 1. The summed E-state index contributed by atoms with van der Waals surface area (Å²) >= 11 is 0. The van der Waals surface area contributed by atoms with Gasteiger partial charge in [-0.15, -0.1) is 0 Å². The van der Waals surface area contributed by atoms with Crippen LogP contribution in [0.15, 0.2) is 40.8 Å². The van der Waals surface area contributed by atoms with E-state index in [1.54, 1.807) is 23.1 Å². The van der Waals surface area contributed by atoms with Crippen molar-refractivity contribution in [1.29, 1.82) is 0 Å². The molecular weight excluding hydrogens is 376 g/mol. The first-order chi connectivity index (χ1) is 13.7. The van der Waals surface area contributed by atoms with Crippen molar-refractivity contribution >= 4 is 17.1 Å². The van der Waals surface area contributed by atoms with E-state index in [0.717, 1.165) is 25.0 Å². The number of urea groups is 1. The smallest absolute Gasteiger partial charge is 0.318 e. The van der Waals surface area contributed by atoms with Gasteiger partial charge in [-0.2, -0.15) is 0 Å². The van der Waals surface area contributed by atoms with Crippen LogP contribution in [0.1, 0.15) is 45.5 Å². The topological polar surface area (TPSA) is 58.4 Å². The van der Waals surface area contributed by atoms with E-state index in [1.165, 1.54) is 6.07 Å². The van der Waals surface area contributed by atoms with Gasteiger partial charge in [-0.3, -0.25) is 0 Å². The Labute approximate surface area is 167 Å². The Balaban J connectivity index is 1.63. The molecule has 0 aliphatic carbocycles. The van der Waals surface area contributed by atoms with Gasteiger partial charge >= 0.3 is 6.03 Å². The molecule has 2 amide bonds. The Hall–Kier alpha value is -2.96. The van der Waals surface area contributed by atoms with Gasteiger partial charge in [0.25, 0.3) is 0 Å². The minimum atomic E-state index is -0.894. The predicted octanol–water partition coefficient (Wildman–Crippen LogP) is 5.42. The summed E-state index contributed by atoms with van der Waals surface area (Å²) in [6.07, 6.45) is 1.65. The first-order valence-corrected chi connectivity index (χ1v) is 9.66. The number of amides is 2. The van der Waals surface area contributed by atoms with Crippen molar-refractivity contribution in [3.63, 3.8) is 0 Å². The highest BCUT2D eigenvalue weighted by atomic mass is 19.2. The van der Waals surface area contributed by atoms with Gasteiger partial charge in [0, 0.05) is 12.1 Å². The number of carbonyl (C=O) groups is 1. The molecule has 152 valence electrons. The fraction of sp³-hybridized carbons (Fsp3) is 0.364. The van der Waals surface area contributed by atoms with Crippen LogP contribution >= 0.6 is 0 Å². The maximum Gasteiger partial charge on any atom is 0.318 e. The quantitative estimate of drug-likeness (QED) is 0.626. The molecule has 1 N–H and O–H groups in total. The summed E-state index contributed by atoms with van der Waals surface area (Å²) in [5.74, 6) is -1.28. The van der Waals surface area contributed by atoms with Crippen LogP contribution in [-0.4, -0.2) is 28.0 Å². The number of carbonyl (C=O) groups excluding carboxylic acids is 1. The Morgan fingerprint density at radius 2 is 1.86 bits per heavy atom. The Kier molecular flexibility index (Phi) is 4.76. The molecule has 1 aliphatic heterocycles. The normalized spacial score (nSPS) is 17.1. The van der Waals surface area contributed by atoms with Gasteiger partial charge in [0.2, 0.25) is 5.89 Å². The SMILES string of the molecule is CC(C)(C)NC(=O)N1CCCC1c1nc2cc(-c3ccc(F)c(F)c3)ccc2o1. The van der Waals surface area contributed by atoms with E-state index in [0.29, 0.717) is 34.7 Å². The van der Waals surface area contributed by atoms with Crippen molar-refractivity contribution in [2.45, 2.75) is 45.2 Å². The number of likely N-dealkylation sites (tertiary alicyclic amines) is 1. The third kappa shape index (κ3) is 3.95. The van der Waals surface area contributed by atoms with Gasteiger partial charge in [-0.1, -0.05) is 12.1 Å². The second-order valence-electron chi connectivity index (χ2n) is 8.40. The van der Waals surface area contributed by atoms with Crippen LogP contribution in [0.3, 0.4) is 0 Å². The van der Waals surface area contributed by atoms with Gasteiger partial charge in [-0.05, 0) is 69.0 Å². The average Bonchev–Trinajstić information content (AvgIpc) is 3.28. The maximum atomic E-state index is 13.6. The predicted molar refractivity (Wildman–Crippen MR) is 106 cm³/mol. The van der Waals surface area contributed by atoms with Crippen molar-refractivity contribution in [2.24, 2.45) is 0 Å². The third-order valence-electron chi connectivity index (χ3n) is 4.94. The minimum absolute atomic E-state index is 0.135. The number of oxazole rings is 1. The van der Waals surface area contributed by atoms with Crippen molar-refractivity contribution in [2.75, 3.05) is 6.54 Å². The van der Waals surface area contributed by atoms with Crippen LogP contribution in [-0.2, 0) is 0 Å². The molecular formula is C22H23F2N3O2. The summed E-state index contributed by atoms with van der Waals surface area (Å²) < 4.78 is 32.7. The van der Waals surface area contributed by atoms with Crippen LogP contribution in [0.5, 0.6) is 0 Å². The molecule has 0 radical (unpaired) electrons. The highest BCUT2D eigenvalue weighted by Crippen LogP contribution is 2.34. The summed E-state index contributed by atoms with van der Waals surface area (Å²) in [6.45, 7) is 6.46. The number of aromatic nitrogens is 1. The summed E-state index contributed by atoms with van der Waals surface area (Å²) in [5.41, 5.74) is 2.15. The lowest BCUT2D eigenvalue weighted by atomic mass is 10.1. The van der Waals surface area contributed by atoms with Crippen molar-refractivity contribution in [3.05, 3.63) is 53.9 Å². The molecule has 1 aromatic heterocycles. The Morgan fingerprint density at radius 1 is 1.14 bits per heavy atom. The molecule has 1 atom stereocenters. The first kappa shape index (κ1) is 19.4. The summed E-state index contributed by atoms with van der Waals surface area (Å²) in [5, 5.41) is 2.99. The molecule has 1 unspecified atom stereocenters. The van der Waals surface area contributed by atoms with E-state index in [1.807, 2.05) is 20.8 Å². The zero-order chi connectivity index (χ0) is 20.8.